The minimum absolute atomic E-state index is 0.198. The molecule has 1 N–H and O–H groups in total. The number of nitrogens with zero attached hydrogens (tertiary/aromatic N) is 3. The lowest BCUT2D eigenvalue weighted by Gasteiger charge is -2.02. The maximum Gasteiger partial charge on any atom is 0.298 e. The molecule has 5 heteroatoms. The van der Waals surface area contributed by atoms with Gasteiger partial charge in [-0.1, -0.05) is 48.5 Å². The van der Waals surface area contributed by atoms with E-state index in [9.17, 15) is 4.79 Å². The largest absolute Gasteiger partial charge is 0.349 e. The average Bonchev–Trinajstić information content (AvgIpc) is 2.95. The molecule has 0 radical (unpaired) electrons. The maximum absolute atomic E-state index is 12.7. The second-order valence-corrected chi connectivity index (χ2v) is 5.33. The number of fused-ring (bicyclic) bond motifs is 3. The Hall–Kier alpha value is -3.21. The predicted octanol–water partition coefficient (Wildman–Crippen LogP) is 3.07. The molecule has 2 heterocycles. The Labute approximate surface area is 131 Å². The van der Waals surface area contributed by atoms with E-state index < -0.39 is 0 Å². The number of benzene rings is 2. The van der Waals surface area contributed by atoms with Gasteiger partial charge in [0.1, 0.15) is 16.9 Å². The van der Waals surface area contributed by atoms with Crippen LogP contribution in [0, 0.1) is 6.92 Å². The van der Waals surface area contributed by atoms with E-state index in [4.69, 9.17) is 0 Å². The molecule has 0 saturated carbocycles. The molecule has 0 atom stereocenters. The highest BCUT2D eigenvalue weighted by Crippen LogP contribution is 2.21. The maximum atomic E-state index is 12.7. The minimum atomic E-state index is -0.198. The van der Waals surface area contributed by atoms with Gasteiger partial charge in [0, 0.05) is 10.9 Å². The van der Waals surface area contributed by atoms with Crippen molar-refractivity contribution in [2.45, 2.75) is 6.92 Å². The molecule has 0 aliphatic carbocycles. The number of hydrogen-bond donors (Lipinski definition) is 1. The standard InChI is InChI=1S/C18H14N4O/c1-12-20-16-14-9-5-6-10-15(14)21-17(16)18(23)22(12)19-11-13-7-3-2-4-8-13/h2-11,21H,1H3/b19-11+. The first-order valence-electron chi connectivity index (χ1n) is 7.33. The second kappa shape index (κ2) is 5.21. The Balaban J connectivity index is 1.92. The molecule has 0 bridgehead atoms. The lowest BCUT2D eigenvalue weighted by Crippen LogP contribution is -2.20. The summed E-state index contributed by atoms with van der Waals surface area (Å²) >= 11 is 0. The van der Waals surface area contributed by atoms with Crippen LogP contribution in [0.25, 0.3) is 21.9 Å². The second-order valence-electron chi connectivity index (χ2n) is 5.33. The van der Waals surface area contributed by atoms with E-state index in [1.54, 1.807) is 13.1 Å². The molecule has 0 saturated heterocycles. The van der Waals surface area contributed by atoms with Gasteiger partial charge in [0.25, 0.3) is 5.56 Å². The number of H-pyrrole nitrogens is 1. The topological polar surface area (TPSA) is 63.0 Å². The monoisotopic (exact) mass is 302 g/mol. The van der Waals surface area contributed by atoms with Gasteiger partial charge in [0.2, 0.25) is 0 Å². The summed E-state index contributed by atoms with van der Waals surface area (Å²) in [5, 5.41) is 5.24. The quantitative estimate of drug-likeness (QED) is 0.578. The predicted molar refractivity (Wildman–Crippen MR) is 92.0 cm³/mol. The molecule has 2 aromatic carbocycles. The molecule has 0 fully saturated rings. The van der Waals surface area contributed by atoms with Crippen LogP contribution in [0.5, 0.6) is 0 Å². The highest BCUT2D eigenvalue weighted by atomic mass is 16.1. The average molecular weight is 302 g/mol. The molecule has 2 aromatic heterocycles. The van der Waals surface area contributed by atoms with Gasteiger partial charge in [-0.15, -0.1) is 0 Å². The summed E-state index contributed by atoms with van der Waals surface area (Å²) < 4.78 is 1.32. The Morgan fingerprint density at radius 3 is 2.65 bits per heavy atom. The summed E-state index contributed by atoms with van der Waals surface area (Å²) in [6.45, 7) is 1.78. The zero-order chi connectivity index (χ0) is 15.8. The molecule has 5 nitrogen and oxygen atoms in total. The first-order chi connectivity index (χ1) is 11.2. The Bertz CT molecular complexity index is 1090. The van der Waals surface area contributed by atoms with Crippen molar-refractivity contribution >= 4 is 28.2 Å². The number of nitrogens with one attached hydrogen (secondary N) is 1. The van der Waals surface area contributed by atoms with Crippen molar-refractivity contribution in [3.05, 3.63) is 76.3 Å². The van der Waals surface area contributed by atoms with Crippen molar-refractivity contribution in [1.29, 1.82) is 0 Å². The zero-order valence-electron chi connectivity index (χ0n) is 12.5. The first-order valence-corrected chi connectivity index (χ1v) is 7.33. The fourth-order valence-corrected chi connectivity index (χ4v) is 2.66. The fraction of sp³-hybridized carbons (Fsp3) is 0.0556. The number of rotatable bonds is 2. The van der Waals surface area contributed by atoms with Crippen LogP contribution in [-0.4, -0.2) is 20.9 Å². The Morgan fingerprint density at radius 1 is 1.09 bits per heavy atom. The van der Waals surface area contributed by atoms with Crippen LogP contribution in [0.3, 0.4) is 0 Å². The smallest absolute Gasteiger partial charge is 0.298 e. The van der Waals surface area contributed by atoms with Crippen LogP contribution in [-0.2, 0) is 0 Å². The third-order valence-corrected chi connectivity index (χ3v) is 3.79. The Morgan fingerprint density at radius 2 is 1.83 bits per heavy atom. The van der Waals surface area contributed by atoms with Crippen LogP contribution in [0.15, 0.2) is 64.5 Å². The van der Waals surface area contributed by atoms with Crippen LogP contribution < -0.4 is 5.56 Å². The highest BCUT2D eigenvalue weighted by Gasteiger charge is 2.12. The molecule has 0 aliphatic heterocycles. The SMILES string of the molecule is Cc1nc2c([nH]c3ccccc32)c(=O)n1/N=C/c1ccccc1. The molecular weight excluding hydrogens is 288 g/mol. The van der Waals surface area contributed by atoms with Gasteiger partial charge in [-0.05, 0) is 18.6 Å². The van der Waals surface area contributed by atoms with E-state index in [2.05, 4.69) is 15.1 Å². The third kappa shape index (κ3) is 2.23. The Kier molecular flexibility index (Phi) is 3.05. The number of aryl methyl sites for hydroxylation is 1. The lowest BCUT2D eigenvalue weighted by molar-refractivity contribution is 0.770. The first kappa shape index (κ1) is 13.5. The highest BCUT2D eigenvalue weighted by molar-refractivity contribution is 6.04. The summed E-state index contributed by atoms with van der Waals surface area (Å²) in [6.07, 6.45) is 1.66. The summed E-state index contributed by atoms with van der Waals surface area (Å²) in [6, 6.07) is 17.4. The van der Waals surface area contributed by atoms with Crippen LogP contribution in [0.4, 0.5) is 0 Å². The lowest BCUT2D eigenvalue weighted by atomic mass is 10.2. The third-order valence-electron chi connectivity index (χ3n) is 3.79. The van der Waals surface area contributed by atoms with Gasteiger partial charge in [-0.25, -0.2) is 4.98 Å². The van der Waals surface area contributed by atoms with Crippen molar-refractivity contribution in [2.75, 3.05) is 0 Å². The zero-order valence-corrected chi connectivity index (χ0v) is 12.5. The van der Waals surface area contributed by atoms with Crippen molar-refractivity contribution < 1.29 is 0 Å². The molecule has 0 amide bonds. The fourth-order valence-electron chi connectivity index (χ4n) is 2.66. The van der Waals surface area contributed by atoms with Crippen LogP contribution in [0.2, 0.25) is 0 Å². The summed E-state index contributed by atoms with van der Waals surface area (Å²) in [4.78, 5) is 20.4. The van der Waals surface area contributed by atoms with Gasteiger partial charge in [-0.3, -0.25) is 4.79 Å². The van der Waals surface area contributed by atoms with Gasteiger partial charge in [0.05, 0.1) is 6.21 Å². The minimum Gasteiger partial charge on any atom is -0.349 e. The molecule has 112 valence electrons. The molecule has 4 rings (SSSR count). The van der Waals surface area contributed by atoms with Gasteiger partial charge >= 0.3 is 0 Å². The molecular formula is C18H14N4O. The number of aromatic nitrogens is 3. The number of hydrogen-bond acceptors (Lipinski definition) is 3. The summed E-state index contributed by atoms with van der Waals surface area (Å²) in [5.74, 6) is 0.555. The molecule has 0 unspecified atom stereocenters. The van der Waals surface area contributed by atoms with E-state index in [0.29, 0.717) is 16.9 Å². The van der Waals surface area contributed by atoms with Crippen molar-refractivity contribution in [2.24, 2.45) is 5.10 Å². The summed E-state index contributed by atoms with van der Waals surface area (Å²) in [7, 11) is 0. The van der Waals surface area contributed by atoms with Crippen LogP contribution in [0.1, 0.15) is 11.4 Å². The molecule has 23 heavy (non-hydrogen) atoms. The molecule has 0 spiro atoms. The van der Waals surface area contributed by atoms with E-state index in [1.807, 2.05) is 54.6 Å². The van der Waals surface area contributed by atoms with E-state index in [-0.39, 0.29) is 5.56 Å². The molecule has 0 aliphatic rings. The van der Waals surface area contributed by atoms with Gasteiger partial charge in [0.15, 0.2) is 0 Å². The van der Waals surface area contributed by atoms with Crippen molar-refractivity contribution in [3.8, 4) is 0 Å². The van der Waals surface area contributed by atoms with E-state index in [0.717, 1.165) is 16.5 Å². The van der Waals surface area contributed by atoms with Crippen molar-refractivity contribution in [3.63, 3.8) is 0 Å². The van der Waals surface area contributed by atoms with E-state index >= 15 is 0 Å². The number of para-hydroxylation sites is 1. The summed E-state index contributed by atoms with van der Waals surface area (Å²) in [5.41, 5.74) is 2.79. The van der Waals surface area contributed by atoms with Gasteiger partial charge in [-0.2, -0.15) is 9.78 Å². The van der Waals surface area contributed by atoms with Gasteiger partial charge < -0.3 is 4.98 Å². The van der Waals surface area contributed by atoms with Crippen LogP contribution >= 0.6 is 0 Å². The normalized spacial score (nSPS) is 11.7. The van der Waals surface area contributed by atoms with E-state index in [1.165, 1.54) is 4.68 Å². The number of aromatic amines is 1. The molecule has 4 aromatic rings. The van der Waals surface area contributed by atoms with Crippen molar-refractivity contribution in [1.82, 2.24) is 14.6 Å².